The third kappa shape index (κ3) is 5.42. The fraction of sp³-hybridized carbons (Fsp3) is 0.458. The Kier molecular flexibility index (Phi) is 7.19. The van der Waals surface area contributed by atoms with Crippen molar-refractivity contribution < 1.29 is 13.2 Å². The SMILES string of the molecule is CCC(C(=O)N1CCC(Cc2ccccc2)CC1)N(c1cccc(C)c1)S(C)(=O)=O. The van der Waals surface area contributed by atoms with Crippen LogP contribution in [-0.4, -0.2) is 44.6 Å². The molecule has 0 radical (unpaired) electrons. The number of carbonyl (C=O) groups is 1. The molecule has 2 aromatic carbocycles. The molecule has 1 unspecified atom stereocenters. The lowest BCUT2D eigenvalue weighted by atomic mass is 9.90. The summed E-state index contributed by atoms with van der Waals surface area (Å²) < 4.78 is 26.6. The van der Waals surface area contributed by atoms with E-state index in [2.05, 4.69) is 24.3 Å². The number of sulfonamides is 1. The minimum atomic E-state index is -3.60. The van der Waals surface area contributed by atoms with Crippen LogP contribution in [0.2, 0.25) is 0 Å². The number of nitrogens with zero attached hydrogens (tertiary/aromatic N) is 2. The highest BCUT2D eigenvalue weighted by Crippen LogP contribution is 2.27. The van der Waals surface area contributed by atoms with Gasteiger partial charge in [0, 0.05) is 13.1 Å². The van der Waals surface area contributed by atoms with Crippen LogP contribution in [0.3, 0.4) is 0 Å². The van der Waals surface area contributed by atoms with E-state index < -0.39 is 16.1 Å². The molecule has 1 heterocycles. The molecular formula is C24H32N2O3S. The number of amides is 1. The second-order valence-corrected chi connectivity index (χ2v) is 10.1. The second kappa shape index (κ2) is 9.65. The Morgan fingerprint density at radius 2 is 1.77 bits per heavy atom. The summed E-state index contributed by atoms with van der Waals surface area (Å²) in [6.07, 6.45) is 4.53. The number of rotatable bonds is 7. The summed E-state index contributed by atoms with van der Waals surface area (Å²) in [5, 5.41) is 0. The van der Waals surface area contributed by atoms with Crippen LogP contribution in [0, 0.1) is 12.8 Å². The number of carbonyl (C=O) groups excluding carboxylic acids is 1. The van der Waals surface area contributed by atoms with Gasteiger partial charge in [0.15, 0.2) is 0 Å². The zero-order chi connectivity index (χ0) is 21.7. The van der Waals surface area contributed by atoms with Crippen molar-refractivity contribution in [1.29, 1.82) is 0 Å². The number of hydrogen-bond donors (Lipinski definition) is 0. The quantitative estimate of drug-likeness (QED) is 0.669. The Bertz CT molecular complexity index is 951. The second-order valence-electron chi connectivity index (χ2n) is 8.28. The molecule has 1 fully saturated rings. The van der Waals surface area contributed by atoms with Crippen molar-refractivity contribution in [3.63, 3.8) is 0 Å². The smallest absolute Gasteiger partial charge is 0.246 e. The first-order valence-electron chi connectivity index (χ1n) is 10.7. The topological polar surface area (TPSA) is 57.7 Å². The molecule has 1 amide bonds. The predicted molar refractivity (Wildman–Crippen MR) is 122 cm³/mol. The van der Waals surface area contributed by atoms with Crippen LogP contribution in [0.1, 0.15) is 37.3 Å². The molecule has 0 saturated carbocycles. The summed E-state index contributed by atoms with van der Waals surface area (Å²) in [7, 11) is -3.60. The van der Waals surface area contributed by atoms with E-state index in [1.807, 2.05) is 43.0 Å². The van der Waals surface area contributed by atoms with Crippen molar-refractivity contribution in [2.75, 3.05) is 23.7 Å². The number of anilines is 1. The van der Waals surface area contributed by atoms with E-state index >= 15 is 0 Å². The predicted octanol–water partition coefficient (Wildman–Crippen LogP) is 4.02. The van der Waals surface area contributed by atoms with E-state index in [0.29, 0.717) is 31.1 Å². The van der Waals surface area contributed by atoms with Crippen LogP contribution in [-0.2, 0) is 21.2 Å². The summed E-state index contributed by atoms with van der Waals surface area (Å²) in [5.41, 5.74) is 2.85. The van der Waals surface area contributed by atoms with Crippen LogP contribution in [0.15, 0.2) is 54.6 Å². The van der Waals surface area contributed by atoms with Crippen LogP contribution < -0.4 is 4.31 Å². The molecule has 30 heavy (non-hydrogen) atoms. The van der Waals surface area contributed by atoms with Gasteiger partial charge in [0.25, 0.3) is 0 Å². The first-order valence-corrected chi connectivity index (χ1v) is 12.5. The van der Waals surface area contributed by atoms with Gasteiger partial charge in [-0.05, 0) is 61.8 Å². The molecule has 0 spiro atoms. The Balaban J connectivity index is 1.72. The zero-order valence-corrected chi connectivity index (χ0v) is 18.9. The minimum Gasteiger partial charge on any atom is -0.341 e. The van der Waals surface area contributed by atoms with E-state index in [9.17, 15) is 13.2 Å². The molecule has 0 bridgehead atoms. The Morgan fingerprint density at radius 3 is 2.33 bits per heavy atom. The molecule has 1 saturated heterocycles. The standard InChI is InChI=1S/C24H32N2O3S/c1-4-23(26(30(3,28)29)22-12-8-9-19(2)17-22)24(27)25-15-13-21(14-16-25)18-20-10-6-5-7-11-20/h5-12,17,21,23H,4,13-16,18H2,1-3H3. The molecule has 3 rings (SSSR count). The monoisotopic (exact) mass is 428 g/mol. The van der Waals surface area contributed by atoms with E-state index in [1.165, 1.54) is 16.1 Å². The van der Waals surface area contributed by atoms with Gasteiger partial charge in [-0.15, -0.1) is 0 Å². The molecule has 0 N–H and O–H groups in total. The number of piperidine rings is 1. The van der Waals surface area contributed by atoms with Gasteiger partial charge >= 0.3 is 0 Å². The maximum Gasteiger partial charge on any atom is 0.246 e. The first-order chi connectivity index (χ1) is 14.3. The molecule has 2 aromatic rings. The van der Waals surface area contributed by atoms with Crippen LogP contribution in [0.4, 0.5) is 5.69 Å². The van der Waals surface area contributed by atoms with Gasteiger partial charge in [-0.25, -0.2) is 8.42 Å². The molecule has 0 aliphatic carbocycles. The average Bonchev–Trinajstić information content (AvgIpc) is 2.72. The lowest BCUT2D eigenvalue weighted by Gasteiger charge is -2.37. The van der Waals surface area contributed by atoms with Gasteiger partial charge in [0.1, 0.15) is 6.04 Å². The van der Waals surface area contributed by atoms with Crippen LogP contribution in [0.5, 0.6) is 0 Å². The van der Waals surface area contributed by atoms with Gasteiger partial charge in [-0.1, -0.05) is 49.4 Å². The highest BCUT2D eigenvalue weighted by atomic mass is 32.2. The van der Waals surface area contributed by atoms with Gasteiger partial charge in [-0.3, -0.25) is 9.10 Å². The van der Waals surface area contributed by atoms with E-state index in [0.717, 1.165) is 24.8 Å². The summed E-state index contributed by atoms with van der Waals surface area (Å²) in [6.45, 7) is 5.15. The van der Waals surface area contributed by atoms with E-state index in [1.54, 1.807) is 6.07 Å². The van der Waals surface area contributed by atoms with Gasteiger partial charge in [0.05, 0.1) is 11.9 Å². The molecule has 6 heteroatoms. The zero-order valence-electron chi connectivity index (χ0n) is 18.1. The lowest BCUT2D eigenvalue weighted by Crippen LogP contribution is -2.52. The van der Waals surface area contributed by atoms with Gasteiger partial charge in [0.2, 0.25) is 15.9 Å². The Labute approximate surface area is 180 Å². The summed E-state index contributed by atoms with van der Waals surface area (Å²) in [5.74, 6) is 0.460. The molecule has 5 nitrogen and oxygen atoms in total. The summed E-state index contributed by atoms with van der Waals surface area (Å²) >= 11 is 0. The third-order valence-corrected chi connectivity index (χ3v) is 7.04. The molecule has 1 aliphatic rings. The minimum absolute atomic E-state index is 0.0948. The summed E-state index contributed by atoms with van der Waals surface area (Å²) in [6, 6.07) is 17.1. The number of hydrogen-bond acceptors (Lipinski definition) is 3. The highest BCUT2D eigenvalue weighted by Gasteiger charge is 2.35. The maximum atomic E-state index is 13.4. The van der Waals surface area contributed by atoms with E-state index in [4.69, 9.17) is 0 Å². The van der Waals surface area contributed by atoms with Gasteiger partial charge < -0.3 is 4.90 Å². The third-order valence-electron chi connectivity index (χ3n) is 5.86. The van der Waals surface area contributed by atoms with E-state index in [-0.39, 0.29) is 5.91 Å². The van der Waals surface area contributed by atoms with Crippen molar-refractivity contribution in [3.8, 4) is 0 Å². The number of benzene rings is 2. The molecule has 162 valence electrons. The van der Waals surface area contributed by atoms with Crippen molar-refractivity contribution in [2.45, 2.75) is 45.6 Å². The Hall–Kier alpha value is -2.34. The molecule has 1 aliphatic heterocycles. The largest absolute Gasteiger partial charge is 0.341 e. The van der Waals surface area contributed by atoms with Crippen LogP contribution in [0.25, 0.3) is 0 Å². The van der Waals surface area contributed by atoms with Crippen molar-refractivity contribution in [2.24, 2.45) is 5.92 Å². The Morgan fingerprint density at radius 1 is 1.10 bits per heavy atom. The van der Waals surface area contributed by atoms with Crippen molar-refractivity contribution in [1.82, 2.24) is 4.90 Å². The van der Waals surface area contributed by atoms with Gasteiger partial charge in [-0.2, -0.15) is 0 Å². The number of aryl methyl sites for hydroxylation is 1. The molecule has 1 atom stereocenters. The van der Waals surface area contributed by atoms with Crippen molar-refractivity contribution >= 4 is 21.6 Å². The first kappa shape index (κ1) is 22.3. The lowest BCUT2D eigenvalue weighted by molar-refractivity contribution is -0.133. The molecular weight excluding hydrogens is 396 g/mol. The fourth-order valence-corrected chi connectivity index (χ4v) is 5.52. The van der Waals surface area contributed by atoms with Crippen LogP contribution >= 0.6 is 0 Å². The highest BCUT2D eigenvalue weighted by molar-refractivity contribution is 7.92. The fourth-order valence-electron chi connectivity index (χ4n) is 4.32. The molecule has 0 aromatic heterocycles. The maximum absolute atomic E-state index is 13.4. The number of likely N-dealkylation sites (tertiary alicyclic amines) is 1. The normalized spacial score (nSPS) is 16.3. The average molecular weight is 429 g/mol. The van der Waals surface area contributed by atoms with Crippen molar-refractivity contribution in [3.05, 3.63) is 65.7 Å². The summed E-state index contributed by atoms with van der Waals surface area (Å²) in [4.78, 5) is 15.2.